The molecule has 2 N–H and O–H groups in total. The predicted molar refractivity (Wildman–Crippen MR) is 67.2 cm³/mol. The molecule has 1 unspecified atom stereocenters. The zero-order chi connectivity index (χ0) is 13.0. The van der Waals surface area contributed by atoms with Gasteiger partial charge in [0, 0.05) is 30.2 Å². The summed E-state index contributed by atoms with van der Waals surface area (Å²) in [5.41, 5.74) is 0.960. The van der Waals surface area contributed by atoms with Gasteiger partial charge in [0.25, 0.3) is 5.91 Å². The number of H-pyrrole nitrogens is 1. The molecule has 0 aliphatic heterocycles. The van der Waals surface area contributed by atoms with E-state index in [1.54, 1.807) is 18.5 Å². The molecule has 1 atom stereocenters. The molecule has 0 aliphatic rings. The van der Waals surface area contributed by atoms with Gasteiger partial charge in [0.2, 0.25) is 5.56 Å². The van der Waals surface area contributed by atoms with Gasteiger partial charge >= 0.3 is 0 Å². The van der Waals surface area contributed by atoms with E-state index in [-0.39, 0.29) is 17.5 Å². The number of nitrogens with one attached hydrogen (secondary N) is 2. The van der Waals surface area contributed by atoms with E-state index in [1.807, 2.05) is 19.1 Å². The number of hydrogen-bond acceptors (Lipinski definition) is 3. The van der Waals surface area contributed by atoms with Gasteiger partial charge in [0.1, 0.15) is 0 Å². The van der Waals surface area contributed by atoms with Crippen LogP contribution in [0.15, 0.2) is 47.7 Å². The fourth-order valence-electron chi connectivity index (χ4n) is 1.58. The fraction of sp³-hybridized carbons (Fsp3) is 0.154. The van der Waals surface area contributed by atoms with Crippen LogP contribution in [-0.4, -0.2) is 15.9 Å². The number of carbonyl (C=O) groups excluding carboxylic acids is 1. The zero-order valence-electron chi connectivity index (χ0n) is 9.88. The van der Waals surface area contributed by atoms with Gasteiger partial charge in [-0.1, -0.05) is 6.07 Å². The minimum atomic E-state index is -0.295. The molecule has 0 aliphatic carbocycles. The molecule has 2 heterocycles. The van der Waals surface area contributed by atoms with Crippen LogP contribution < -0.4 is 10.9 Å². The lowest BCUT2D eigenvalue weighted by atomic mass is 10.1. The van der Waals surface area contributed by atoms with E-state index in [0.717, 1.165) is 5.56 Å². The van der Waals surface area contributed by atoms with Gasteiger partial charge in [-0.15, -0.1) is 0 Å². The van der Waals surface area contributed by atoms with E-state index in [9.17, 15) is 9.59 Å². The van der Waals surface area contributed by atoms with Crippen molar-refractivity contribution in [2.45, 2.75) is 13.0 Å². The normalized spacial score (nSPS) is 11.8. The summed E-state index contributed by atoms with van der Waals surface area (Å²) in [6.45, 7) is 1.86. The van der Waals surface area contributed by atoms with Crippen molar-refractivity contribution in [3.63, 3.8) is 0 Å². The van der Waals surface area contributed by atoms with Gasteiger partial charge in [-0.3, -0.25) is 14.6 Å². The van der Waals surface area contributed by atoms with Gasteiger partial charge in [-0.05, 0) is 24.6 Å². The minimum Gasteiger partial charge on any atom is -0.345 e. The Bertz CT molecular complexity index is 592. The summed E-state index contributed by atoms with van der Waals surface area (Å²) >= 11 is 0. The number of nitrogens with zero attached hydrogens (tertiary/aromatic N) is 1. The van der Waals surface area contributed by atoms with Crippen molar-refractivity contribution >= 4 is 5.91 Å². The Hall–Kier alpha value is -2.43. The van der Waals surface area contributed by atoms with E-state index in [2.05, 4.69) is 15.3 Å². The highest BCUT2D eigenvalue weighted by Gasteiger charge is 2.11. The monoisotopic (exact) mass is 243 g/mol. The van der Waals surface area contributed by atoms with E-state index >= 15 is 0 Å². The Morgan fingerprint density at radius 3 is 2.94 bits per heavy atom. The topological polar surface area (TPSA) is 74.8 Å². The van der Waals surface area contributed by atoms with E-state index in [4.69, 9.17) is 0 Å². The van der Waals surface area contributed by atoms with Crippen LogP contribution in [0.2, 0.25) is 0 Å². The van der Waals surface area contributed by atoms with Crippen molar-refractivity contribution in [1.29, 1.82) is 0 Å². The first-order chi connectivity index (χ1) is 8.66. The van der Waals surface area contributed by atoms with Crippen LogP contribution in [0.5, 0.6) is 0 Å². The Labute approximate surface area is 104 Å². The van der Waals surface area contributed by atoms with E-state index < -0.39 is 0 Å². The summed E-state index contributed by atoms with van der Waals surface area (Å²) in [5, 5.41) is 2.81. The molecule has 0 spiro atoms. The van der Waals surface area contributed by atoms with Crippen molar-refractivity contribution in [2.24, 2.45) is 0 Å². The first-order valence-corrected chi connectivity index (χ1v) is 5.56. The SMILES string of the molecule is CC(NC(=O)c1cc[nH]c(=O)c1)c1cccnc1. The van der Waals surface area contributed by atoms with Crippen LogP contribution in [-0.2, 0) is 0 Å². The third-order valence-corrected chi connectivity index (χ3v) is 2.57. The number of hydrogen-bond donors (Lipinski definition) is 2. The summed E-state index contributed by atoms with van der Waals surface area (Å²) in [6, 6.07) is 6.37. The number of aromatic amines is 1. The summed E-state index contributed by atoms with van der Waals surface area (Å²) in [5.74, 6) is -0.280. The Balaban J connectivity index is 2.11. The van der Waals surface area contributed by atoms with Crippen LogP contribution in [0.25, 0.3) is 0 Å². The first-order valence-electron chi connectivity index (χ1n) is 5.56. The number of aromatic nitrogens is 2. The second-order valence-electron chi connectivity index (χ2n) is 3.92. The maximum atomic E-state index is 11.9. The van der Waals surface area contributed by atoms with Crippen molar-refractivity contribution in [3.05, 3.63) is 64.3 Å². The lowest BCUT2D eigenvalue weighted by Gasteiger charge is -2.13. The third kappa shape index (κ3) is 2.82. The Morgan fingerprint density at radius 2 is 2.28 bits per heavy atom. The van der Waals surface area contributed by atoms with Crippen molar-refractivity contribution in [2.75, 3.05) is 0 Å². The molecule has 92 valence electrons. The molecule has 2 rings (SSSR count). The molecular formula is C13H13N3O2. The lowest BCUT2D eigenvalue weighted by molar-refractivity contribution is 0.0939. The molecule has 2 aromatic heterocycles. The summed E-state index contributed by atoms with van der Waals surface area (Å²) in [4.78, 5) is 29.5. The Morgan fingerprint density at radius 1 is 1.44 bits per heavy atom. The van der Waals surface area contributed by atoms with Gasteiger partial charge in [0.15, 0.2) is 0 Å². The molecule has 5 nitrogen and oxygen atoms in total. The van der Waals surface area contributed by atoms with Crippen LogP contribution in [0.3, 0.4) is 0 Å². The fourth-order valence-corrected chi connectivity index (χ4v) is 1.58. The molecule has 0 saturated carbocycles. The quantitative estimate of drug-likeness (QED) is 0.852. The van der Waals surface area contributed by atoms with Crippen molar-refractivity contribution in [3.8, 4) is 0 Å². The molecule has 2 aromatic rings. The molecule has 0 fully saturated rings. The number of rotatable bonds is 3. The summed E-state index contributed by atoms with van der Waals surface area (Å²) < 4.78 is 0. The van der Waals surface area contributed by atoms with Crippen LogP contribution >= 0.6 is 0 Å². The molecule has 5 heteroatoms. The van der Waals surface area contributed by atoms with Crippen LogP contribution in [0.4, 0.5) is 0 Å². The summed E-state index contributed by atoms with van der Waals surface area (Å²) in [7, 11) is 0. The van der Waals surface area contributed by atoms with Crippen molar-refractivity contribution < 1.29 is 4.79 Å². The molecule has 0 aromatic carbocycles. The number of amides is 1. The van der Waals surface area contributed by atoms with Gasteiger partial charge in [0.05, 0.1) is 6.04 Å². The molecular weight excluding hydrogens is 230 g/mol. The highest BCUT2D eigenvalue weighted by molar-refractivity contribution is 5.94. The van der Waals surface area contributed by atoms with E-state index in [1.165, 1.54) is 12.3 Å². The van der Waals surface area contributed by atoms with Gasteiger partial charge in [-0.2, -0.15) is 0 Å². The molecule has 0 bridgehead atoms. The lowest BCUT2D eigenvalue weighted by Crippen LogP contribution is -2.27. The highest BCUT2D eigenvalue weighted by Crippen LogP contribution is 2.10. The third-order valence-electron chi connectivity index (χ3n) is 2.57. The molecule has 0 saturated heterocycles. The minimum absolute atomic E-state index is 0.162. The second-order valence-corrected chi connectivity index (χ2v) is 3.92. The molecule has 18 heavy (non-hydrogen) atoms. The van der Waals surface area contributed by atoms with Crippen LogP contribution in [0.1, 0.15) is 28.9 Å². The van der Waals surface area contributed by atoms with Gasteiger partial charge < -0.3 is 10.3 Å². The number of carbonyl (C=O) groups is 1. The molecule has 1 amide bonds. The second kappa shape index (κ2) is 5.27. The standard InChI is InChI=1S/C13H13N3O2/c1-9(11-3-2-5-14-8-11)16-13(18)10-4-6-15-12(17)7-10/h2-9H,1H3,(H,15,17)(H,16,18). The largest absolute Gasteiger partial charge is 0.345 e. The highest BCUT2D eigenvalue weighted by atomic mass is 16.2. The Kier molecular flexibility index (Phi) is 3.52. The smallest absolute Gasteiger partial charge is 0.252 e. The zero-order valence-corrected chi connectivity index (χ0v) is 9.88. The average molecular weight is 243 g/mol. The molecule has 0 radical (unpaired) electrons. The van der Waals surface area contributed by atoms with Gasteiger partial charge in [-0.25, -0.2) is 0 Å². The predicted octanol–water partition coefficient (Wildman–Crippen LogP) is 1.26. The van der Waals surface area contributed by atoms with E-state index in [0.29, 0.717) is 5.56 Å². The number of pyridine rings is 2. The first kappa shape index (κ1) is 12.0. The average Bonchev–Trinajstić information content (AvgIpc) is 2.39. The van der Waals surface area contributed by atoms with Crippen LogP contribution in [0, 0.1) is 0 Å². The van der Waals surface area contributed by atoms with Crippen molar-refractivity contribution in [1.82, 2.24) is 15.3 Å². The maximum Gasteiger partial charge on any atom is 0.252 e. The maximum absolute atomic E-state index is 11.9. The summed E-state index contributed by atoms with van der Waals surface area (Å²) in [6.07, 6.45) is 4.82.